The number of hydrogen-bond acceptors (Lipinski definition) is 5. The second-order valence-electron chi connectivity index (χ2n) is 6.84. The third-order valence-electron chi connectivity index (χ3n) is 4.46. The van der Waals surface area contributed by atoms with Gasteiger partial charge in [0.05, 0.1) is 26.4 Å². The standard InChI is InChI=1S/C23H31N3O4.HI/c1-3-24-23(26-19-9-5-10-20(16-19)28-13-6-12-27-2)25-17-18-8-4-11-21-22(18)30-15-7-14-29-21;/h4-5,8-11,16H,3,6-7,12-15,17H2,1-2H3,(H2,24,25,26);1H. The molecule has 8 heteroatoms. The van der Waals surface area contributed by atoms with E-state index in [9.17, 15) is 0 Å². The van der Waals surface area contributed by atoms with E-state index in [-0.39, 0.29) is 24.0 Å². The van der Waals surface area contributed by atoms with Crippen molar-refractivity contribution in [1.29, 1.82) is 0 Å². The van der Waals surface area contributed by atoms with E-state index in [1.54, 1.807) is 7.11 Å². The van der Waals surface area contributed by atoms with Crippen LogP contribution >= 0.6 is 24.0 Å². The number of nitrogens with one attached hydrogen (secondary N) is 2. The second-order valence-corrected chi connectivity index (χ2v) is 6.84. The fourth-order valence-electron chi connectivity index (χ4n) is 3.04. The van der Waals surface area contributed by atoms with Gasteiger partial charge in [0.1, 0.15) is 5.75 Å². The highest BCUT2D eigenvalue weighted by atomic mass is 127. The Morgan fingerprint density at radius 3 is 2.77 bits per heavy atom. The Balaban J connectivity index is 0.00000341. The summed E-state index contributed by atoms with van der Waals surface area (Å²) >= 11 is 0. The van der Waals surface area contributed by atoms with Gasteiger partial charge in [-0.3, -0.25) is 0 Å². The Labute approximate surface area is 201 Å². The average Bonchev–Trinajstić information content (AvgIpc) is 3.01. The van der Waals surface area contributed by atoms with Crippen LogP contribution in [-0.2, 0) is 11.3 Å². The molecule has 0 spiro atoms. The summed E-state index contributed by atoms with van der Waals surface area (Å²) in [5.41, 5.74) is 1.91. The summed E-state index contributed by atoms with van der Waals surface area (Å²) in [6.07, 6.45) is 1.73. The zero-order chi connectivity index (χ0) is 21.0. The van der Waals surface area contributed by atoms with E-state index in [2.05, 4.69) is 10.6 Å². The van der Waals surface area contributed by atoms with Crippen molar-refractivity contribution in [2.75, 3.05) is 45.4 Å². The topological polar surface area (TPSA) is 73.3 Å². The van der Waals surface area contributed by atoms with Crippen molar-refractivity contribution >= 4 is 35.6 Å². The lowest BCUT2D eigenvalue weighted by atomic mass is 10.2. The van der Waals surface area contributed by atoms with Crippen LogP contribution in [-0.4, -0.2) is 46.0 Å². The molecule has 7 nitrogen and oxygen atoms in total. The first kappa shape index (κ1) is 25.1. The molecule has 170 valence electrons. The summed E-state index contributed by atoms with van der Waals surface area (Å²) in [5, 5.41) is 6.63. The zero-order valence-corrected chi connectivity index (χ0v) is 20.5. The zero-order valence-electron chi connectivity index (χ0n) is 18.2. The number of anilines is 1. The lowest BCUT2D eigenvalue weighted by molar-refractivity contribution is 0.172. The maximum absolute atomic E-state index is 5.90. The largest absolute Gasteiger partial charge is 0.493 e. The molecule has 3 rings (SSSR count). The summed E-state index contributed by atoms with van der Waals surface area (Å²) in [5.74, 6) is 3.09. The molecule has 1 heterocycles. The molecular weight excluding hydrogens is 509 g/mol. The van der Waals surface area contributed by atoms with Crippen LogP contribution in [0.5, 0.6) is 17.2 Å². The van der Waals surface area contributed by atoms with Crippen LogP contribution in [0.25, 0.3) is 0 Å². The predicted octanol–water partition coefficient (Wildman–Crippen LogP) is 4.46. The molecule has 2 aromatic carbocycles. The SMILES string of the molecule is CCNC(=NCc1cccc2c1OCCCO2)Nc1cccc(OCCCOC)c1.I. The first-order chi connectivity index (χ1) is 14.8. The Morgan fingerprint density at radius 1 is 1.10 bits per heavy atom. The molecule has 0 unspecified atom stereocenters. The van der Waals surface area contributed by atoms with Crippen LogP contribution in [0.2, 0.25) is 0 Å². The van der Waals surface area contributed by atoms with Gasteiger partial charge in [-0.2, -0.15) is 0 Å². The predicted molar refractivity (Wildman–Crippen MR) is 134 cm³/mol. The fraction of sp³-hybridized carbons (Fsp3) is 0.435. The van der Waals surface area contributed by atoms with Crippen molar-refractivity contribution in [3.8, 4) is 17.2 Å². The van der Waals surface area contributed by atoms with E-state index in [0.717, 1.165) is 47.9 Å². The third kappa shape index (κ3) is 8.10. The molecule has 1 aliphatic heterocycles. The van der Waals surface area contributed by atoms with Crippen LogP contribution in [0.1, 0.15) is 25.3 Å². The van der Waals surface area contributed by atoms with Crippen LogP contribution < -0.4 is 24.8 Å². The van der Waals surface area contributed by atoms with Gasteiger partial charge in [-0.05, 0) is 25.1 Å². The lowest BCUT2D eigenvalue weighted by Gasteiger charge is -2.14. The molecule has 0 amide bonds. The Hall–Kier alpha value is -2.20. The molecule has 0 aliphatic carbocycles. The highest BCUT2D eigenvalue weighted by Crippen LogP contribution is 2.33. The van der Waals surface area contributed by atoms with E-state index >= 15 is 0 Å². The quantitative estimate of drug-likeness (QED) is 0.212. The van der Waals surface area contributed by atoms with Crippen molar-refractivity contribution in [1.82, 2.24) is 5.32 Å². The van der Waals surface area contributed by atoms with Crippen molar-refractivity contribution in [3.63, 3.8) is 0 Å². The summed E-state index contributed by atoms with van der Waals surface area (Å²) < 4.78 is 22.5. The molecule has 0 atom stereocenters. The van der Waals surface area contributed by atoms with Crippen LogP contribution in [0.15, 0.2) is 47.5 Å². The smallest absolute Gasteiger partial charge is 0.196 e. The van der Waals surface area contributed by atoms with Gasteiger partial charge in [0, 0.05) is 50.4 Å². The summed E-state index contributed by atoms with van der Waals surface area (Å²) in [4.78, 5) is 4.74. The minimum Gasteiger partial charge on any atom is -0.493 e. The van der Waals surface area contributed by atoms with E-state index in [1.165, 1.54) is 0 Å². The summed E-state index contributed by atoms with van der Waals surface area (Å²) in [7, 11) is 1.69. The molecule has 2 N–H and O–H groups in total. The van der Waals surface area contributed by atoms with Crippen molar-refractivity contribution in [2.45, 2.75) is 26.3 Å². The van der Waals surface area contributed by atoms with Gasteiger partial charge in [0.15, 0.2) is 17.5 Å². The number of halogens is 1. The number of methoxy groups -OCH3 is 1. The van der Waals surface area contributed by atoms with E-state index in [4.69, 9.17) is 23.9 Å². The van der Waals surface area contributed by atoms with Crippen LogP contribution in [0, 0.1) is 0 Å². The monoisotopic (exact) mass is 541 g/mol. The Morgan fingerprint density at radius 2 is 1.94 bits per heavy atom. The Bertz CT molecular complexity index is 832. The van der Waals surface area contributed by atoms with Gasteiger partial charge >= 0.3 is 0 Å². The van der Waals surface area contributed by atoms with Gasteiger partial charge in [-0.25, -0.2) is 4.99 Å². The van der Waals surface area contributed by atoms with E-state index in [1.807, 2.05) is 49.4 Å². The number of nitrogens with zero attached hydrogens (tertiary/aromatic N) is 1. The molecule has 0 fully saturated rings. The molecule has 0 saturated heterocycles. The summed E-state index contributed by atoms with van der Waals surface area (Å²) in [6.45, 7) is 5.91. The van der Waals surface area contributed by atoms with Crippen molar-refractivity contribution < 1.29 is 18.9 Å². The highest BCUT2D eigenvalue weighted by molar-refractivity contribution is 14.0. The van der Waals surface area contributed by atoms with E-state index in [0.29, 0.717) is 38.9 Å². The first-order valence-electron chi connectivity index (χ1n) is 10.4. The van der Waals surface area contributed by atoms with Crippen molar-refractivity contribution in [3.05, 3.63) is 48.0 Å². The molecule has 31 heavy (non-hydrogen) atoms. The number of rotatable bonds is 9. The molecular formula is C23H32IN3O4. The number of ether oxygens (including phenoxy) is 4. The number of aliphatic imine (C=N–C) groups is 1. The van der Waals surface area contributed by atoms with Crippen molar-refractivity contribution in [2.24, 2.45) is 4.99 Å². The molecule has 0 bridgehead atoms. The molecule has 0 saturated carbocycles. The van der Waals surface area contributed by atoms with Gasteiger partial charge in [0.2, 0.25) is 0 Å². The van der Waals surface area contributed by atoms with Gasteiger partial charge in [0.25, 0.3) is 0 Å². The fourth-order valence-corrected chi connectivity index (χ4v) is 3.04. The molecule has 2 aromatic rings. The van der Waals surface area contributed by atoms with Crippen LogP contribution in [0.3, 0.4) is 0 Å². The Kier molecular flexibility index (Phi) is 11.3. The highest BCUT2D eigenvalue weighted by Gasteiger charge is 2.14. The molecule has 1 aliphatic rings. The second kappa shape index (κ2) is 14.0. The van der Waals surface area contributed by atoms with Crippen LogP contribution in [0.4, 0.5) is 5.69 Å². The molecule has 0 aromatic heterocycles. The minimum atomic E-state index is 0. The third-order valence-corrected chi connectivity index (χ3v) is 4.46. The number of fused-ring (bicyclic) bond motifs is 1. The van der Waals surface area contributed by atoms with Gasteiger partial charge in [-0.15, -0.1) is 24.0 Å². The number of guanidine groups is 1. The minimum absolute atomic E-state index is 0. The van der Waals surface area contributed by atoms with Gasteiger partial charge < -0.3 is 29.6 Å². The maximum Gasteiger partial charge on any atom is 0.196 e. The maximum atomic E-state index is 5.90. The normalized spacial score (nSPS) is 13.0. The number of hydrogen-bond donors (Lipinski definition) is 2. The number of benzene rings is 2. The van der Waals surface area contributed by atoms with Gasteiger partial charge in [-0.1, -0.05) is 18.2 Å². The number of para-hydroxylation sites is 1. The average molecular weight is 541 g/mol. The first-order valence-corrected chi connectivity index (χ1v) is 10.4. The van der Waals surface area contributed by atoms with E-state index < -0.39 is 0 Å². The lowest BCUT2D eigenvalue weighted by Crippen LogP contribution is -2.30. The molecule has 0 radical (unpaired) electrons. The summed E-state index contributed by atoms with van der Waals surface area (Å²) in [6, 6.07) is 13.8.